The summed E-state index contributed by atoms with van der Waals surface area (Å²) in [6.45, 7) is 5.35. The van der Waals surface area contributed by atoms with Gasteiger partial charge in [0.25, 0.3) is 11.8 Å². The summed E-state index contributed by atoms with van der Waals surface area (Å²) in [5.41, 5.74) is 5.98. The molecule has 1 aromatic heterocycles. The number of benzene rings is 1. The summed E-state index contributed by atoms with van der Waals surface area (Å²) < 4.78 is 26.7. The number of carbonyl (C=O) groups excluding carboxylic acids is 3. The molecule has 5 N–H and O–H groups in total. The van der Waals surface area contributed by atoms with Gasteiger partial charge in [-0.2, -0.15) is 4.31 Å². The van der Waals surface area contributed by atoms with E-state index in [0.717, 1.165) is 46.7 Å². The zero-order valence-electron chi connectivity index (χ0n) is 21.2. The summed E-state index contributed by atoms with van der Waals surface area (Å²) in [4.78, 5) is 40.5. The van der Waals surface area contributed by atoms with Crippen LogP contribution in [0.3, 0.4) is 0 Å². The van der Waals surface area contributed by atoms with Crippen LogP contribution in [0.2, 0.25) is 0 Å². The van der Waals surface area contributed by atoms with E-state index >= 15 is 0 Å². The van der Waals surface area contributed by atoms with Gasteiger partial charge < -0.3 is 16.1 Å². The van der Waals surface area contributed by atoms with Crippen LogP contribution in [0.1, 0.15) is 51.4 Å². The molecule has 0 atom stereocenters. The third kappa shape index (κ3) is 6.69. The first-order valence-corrected chi connectivity index (χ1v) is 14.2. The number of anilines is 1. The lowest BCUT2D eigenvalue weighted by Crippen LogP contribution is -2.41. The van der Waals surface area contributed by atoms with Crippen molar-refractivity contribution in [2.75, 3.05) is 31.5 Å². The number of fused-ring (bicyclic) bond motifs is 1. The second-order valence-electron chi connectivity index (χ2n) is 8.58. The second kappa shape index (κ2) is 12.9. The first-order chi connectivity index (χ1) is 18.1. The number of nitrogens with zero attached hydrogens (tertiary/aromatic N) is 2. The first kappa shape index (κ1) is 29.1. The van der Waals surface area contributed by atoms with Crippen LogP contribution in [-0.4, -0.2) is 74.0 Å². The van der Waals surface area contributed by atoms with Crippen LogP contribution in [0, 0.1) is 10.8 Å². The Morgan fingerprint density at radius 1 is 1.08 bits per heavy atom. The molecule has 0 fully saturated rings. The molecule has 12 nitrogen and oxygen atoms in total. The number of hydrogen-bond donors (Lipinski definition) is 5. The molecular weight excluding hydrogens is 530 g/mol. The van der Waals surface area contributed by atoms with Crippen molar-refractivity contribution >= 4 is 56.5 Å². The third-order valence-corrected chi connectivity index (χ3v) is 8.80. The average Bonchev–Trinajstić information content (AvgIpc) is 3.24. The molecule has 1 aromatic carbocycles. The smallest absolute Gasteiger partial charge is 0.272 e. The van der Waals surface area contributed by atoms with Crippen molar-refractivity contribution in [2.24, 2.45) is 0 Å². The maximum atomic E-state index is 13.1. The molecular formula is C24H31N7O5S2. The van der Waals surface area contributed by atoms with Crippen molar-refractivity contribution in [3.8, 4) is 0 Å². The topological polar surface area (TPSA) is 176 Å². The van der Waals surface area contributed by atoms with Gasteiger partial charge in [0.1, 0.15) is 5.00 Å². The number of hydrogen-bond acceptors (Lipinski definition) is 9. The quantitative estimate of drug-likeness (QED) is 0.207. The van der Waals surface area contributed by atoms with E-state index in [0.29, 0.717) is 23.5 Å². The van der Waals surface area contributed by atoms with E-state index < -0.39 is 27.7 Å². The molecule has 2 heterocycles. The molecule has 38 heavy (non-hydrogen) atoms. The Kier molecular flexibility index (Phi) is 9.85. The number of amides is 3. The highest BCUT2D eigenvalue weighted by atomic mass is 32.2. The molecule has 0 bridgehead atoms. The lowest BCUT2D eigenvalue weighted by molar-refractivity contribution is -0.119. The van der Waals surface area contributed by atoms with Crippen LogP contribution in [-0.2, 0) is 27.8 Å². The molecule has 0 unspecified atom stereocenters. The molecule has 3 rings (SSSR count). The number of hydrazine groups is 1. The van der Waals surface area contributed by atoms with Crippen molar-refractivity contribution in [3.63, 3.8) is 0 Å². The number of carbonyl (C=O) groups is 3. The van der Waals surface area contributed by atoms with Gasteiger partial charge >= 0.3 is 0 Å². The summed E-state index contributed by atoms with van der Waals surface area (Å²) in [6, 6.07) is 5.31. The maximum absolute atomic E-state index is 13.1. The van der Waals surface area contributed by atoms with Crippen LogP contribution in [0.4, 0.5) is 5.00 Å². The summed E-state index contributed by atoms with van der Waals surface area (Å²) in [6.07, 6.45) is 3.49. The lowest BCUT2D eigenvalue weighted by atomic mass is 10.0. The van der Waals surface area contributed by atoms with Gasteiger partial charge in [-0.3, -0.25) is 30.1 Å². The molecule has 204 valence electrons. The molecule has 1 aliphatic heterocycles. The molecule has 1 aliphatic rings. The normalized spacial score (nSPS) is 13.4. The van der Waals surface area contributed by atoms with Crippen LogP contribution in [0.15, 0.2) is 29.2 Å². The van der Waals surface area contributed by atoms with Gasteiger partial charge in [0, 0.05) is 56.0 Å². The Labute approximate surface area is 225 Å². The predicted octanol–water partition coefficient (Wildman–Crippen LogP) is 1.84. The number of nitrogens with one attached hydrogen (secondary N) is 5. The van der Waals surface area contributed by atoms with Gasteiger partial charge in [0.05, 0.1) is 10.5 Å². The van der Waals surface area contributed by atoms with E-state index in [9.17, 15) is 22.8 Å². The van der Waals surface area contributed by atoms with Crippen molar-refractivity contribution < 1.29 is 22.8 Å². The number of rotatable bonds is 11. The van der Waals surface area contributed by atoms with Crippen LogP contribution >= 0.6 is 11.3 Å². The zero-order chi connectivity index (χ0) is 27.9. The minimum Gasteiger partial charge on any atom is -0.313 e. The Balaban J connectivity index is 1.87. The standard InChI is InChI=1S/C24H31N7O5S2/c1-3-11-30-12-8-19-20(15-30)37-24(21(19)23(34)29-28-16(2)32)27-22(33)17-4-6-18(7-5-17)38(35,36)31(13-9-25)14-10-26/h4-7,9-10,25-26H,3,8,11-15H2,1-2H3,(H,27,33)(H,28,32)(H,29,34). The monoisotopic (exact) mass is 561 g/mol. The van der Waals surface area contributed by atoms with Crippen molar-refractivity contribution in [2.45, 2.75) is 38.1 Å². The summed E-state index contributed by atoms with van der Waals surface area (Å²) in [5.74, 6) is -1.49. The average molecular weight is 562 g/mol. The van der Waals surface area contributed by atoms with Gasteiger partial charge in [-0.15, -0.1) is 11.3 Å². The zero-order valence-corrected chi connectivity index (χ0v) is 22.8. The van der Waals surface area contributed by atoms with Crippen molar-refractivity contribution in [1.29, 1.82) is 10.8 Å². The second-order valence-corrected chi connectivity index (χ2v) is 11.6. The van der Waals surface area contributed by atoms with E-state index in [1.807, 2.05) is 0 Å². The molecule has 0 aliphatic carbocycles. The first-order valence-electron chi connectivity index (χ1n) is 12.0. The maximum Gasteiger partial charge on any atom is 0.272 e. The van der Waals surface area contributed by atoms with Gasteiger partial charge in [0.2, 0.25) is 15.9 Å². The van der Waals surface area contributed by atoms with Gasteiger partial charge in [-0.25, -0.2) is 8.42 Å². The third-order valence-electron chi connectivity index (χ3n) is 5.83. The summed E-state index contributed by atoms with van der Waals surface area (Å²) >= 11 is 1.31. The Bertz CT molecular complexity index is 1310. The molecule has 14 heteroatoms. The van der Waals surface area contributed by atoms with Crippen LogP contribution < -0.4 is 16.2 Å². The molecule has 0 saturated carbocycles. The summed E-state index contributed by atoms with van der Waals surface area (Å²) in [7, 11) is -3.96. The fourth-order valence-electron chi connectivity index (χ4n) is 4.08. The molecule has 0 radical (unpaired) electrons. The Hall–Kier alpha value is -3.46. The van der Waals surface area contributed by atoms with E-state index in [4.69, 9.17) is 10.8 Å². The molecule has 3 amide bonds. The SMILES string of the molecule is CCCN1CCc2c(sc(NC(=O)c3ccc(S(=O)(=O)N(CC=N)CC=N)cc3)c2C(=O)NNC(C)=O)C1. The van der Waals surface area contributed by atoms with Crippen LogP contribution in [0.5, 0.6) is 0 Å². The molecule has 0 spiro atoms. The fourth-order valence-corrected chi connectivity index (χ4v) is 6.68. The van der Waals surface area contributed by atoms with Crippen molar-refractivity contribution in [3.05, 3.63) is 45.8 Å². The fraction of sp³-hybridized carbons (Fsp3) is 0.375. The minimum atomic E-state index is -3.96. The lowest BCUT2D eigenvalue weighted by Gasteiger charge is -2.26. The highest BCUT2D eigenvalue weighted by Gasteiger charge is 2.29. The number of thiophene rings is 1. The van der Waals surface area contributed by atoms with Crippen molar-refractivity contribution in [1.82, 2.24) is 20.1 Å². The van der Waals surface area contributed by atoms with Gasteiger partial charge in [-0.05, 0) is 49.2 Å². The Morgan fingerprint density at radius 3 is 2.32 bits per heavy atom. The highest BCUT2D eigenvalue weighted by Crippen LogP contribution is 2.37. The van der Waals surface area contributed by atoms with E-state index in [2.05, 4.69) is 28.0 Å². The Morgan fingerprint density at radius 2 is 1.74 bits per heavy atom. The van der Waals surface area contributed by atoms with E-state index in [-0.39, 0.29) is 23.5 Å². The number of sulfonamides is 1. The van der Waals surface area contributed by atoms with Crippen LogP contribution in [0.25, 0.3) is 0 Å². The molecule has 0 saturated heterocycles. The highest BCUT2D eigenvalue weighted by molar-refractivity contribution is 7.89. The van der Waals surface area contributed by atoms with Gasteiger partial charge in [0.15, 0.2) is 0 Å². The largest absolute Gasteiger partial charge is 0.313 e. The molecule has 2 aromatic rings. The van der Waals surface area contributed by atoms with E-state index in [1.54, 1.807) is 0 Å². The van der Waals surface area contributed by atoms with Gasteiger partial charge in [-0.1, -0.05) is 6.92 Å². The van der Waals surface area contributed by atoms with E-state index in [1.165, 1.54) is 42.5 Å². The predicted molar refractivity (Wildman–Crippen MR) is 146 cm³/mol. The summed E-state index contributed by atoms with van der Waals surface area (Å²) in [5, 5.41) is 17.6. The minimum absolute atomic E-state index is 0.0734.